The number of halogens is 1. The number of ether oxygens (including phenoxy) is 2. The summed E-state index contributed by atoms with van der Waals surface area (Å²) in [4.78, 5) is 2.49. The molecule has 1 fully saturated rings. The number of hydrogen-bond acceptors (Lipinski definition) is 3. The van der Waals surface area contributed by atoms with Crippen molar-refractivity contribution < 1.29 is 9.47 Å². The van der Waals surface area contributed by atoms with E-state index in [-0.39, 0.29) is 0 Å². The van der Waals surface area contributed by atoms with Gasteiger partial charge in [0.1, 0.15) is 5.75 Å². The molecule has 4 heteroatoms. The van der Waals surface area contributed by atoms with Crippen LogP contribution >= 0.6 is 15.9 Å². The molecule has 1 saturated heterocycles. The zero-order valence-electron chi connectivity index (χ0n) is 12.9. The standard InChI is InChI=1S/C17H26BrNO2/c1-2-3-11-21-17-7-6-16(18)14-15(17)5-4-8-19-9-12-20-13-10-19/h6-7,14H,2-5,8-13H2,1H3. The van der Waals surface area contributed by atoms with Gasteiger partial charge in [-0.05, 0) is 49.6 Å². The summed E-state index contributed by atoms with van der Waals surface area (Å²) in [6.45, 7) is 8.04. The van der Waals surface area contributed by atoms with Gasteiger partial charge in [-0.3, -0.25) is 4.90 Å². The van der Waals surface area contributed by atoms with Crippen LogP contribution in [0.4, 0.5) is 0 Å². The summed E-state index contributed by atoms with van der Waals surface area (Å²) >= 11 is 3.56. The van der Waals surface area contributed by atoms with E-state index in [0.717, 1.165) is 62.5 Å². The zero-order valence-corrected chi connectivity index (χ0v) is 14.5. The largest absolute Gasteiger partial charge is 0.493 e. The fourth-order valence-electron chi connectivity index (χ4n) is 2.53. The molecule has 0 unspecified atom stereocenters. The topological polar surface area (TPSA) is 21.7 Å². The van der Waals surface area contributed by atoms with Crippen LogP contribution in [0.3, 0.4) is 0 Å². The molecule has 118 valence electrons. The van der Waals surface area contributed by atoms with Crippen molar-refractivity contribution in [1.82, 2.24) is 4.90 Å². The third kappa shape index (κ3) is 5.97. The van der Waals surface area contributed by atoms with E-state index in [2.05, 4.69) is 46.0 Å². The molecule has 0 amide bonds. The van der Waals surface area contributed by atoms with Gasteiger partial charge in [0.2, 0.25) is 0 Å². The van der Waals surface area contributed by atoms with E-state index >= 15 is 0 Å². The molecule has 21 heavy (non-hydrogen) atoms. The first-order valence-corrected chi connectivity index (χ1v) is 8.80. The van der Waals surface area contributed by atoms with Gasteiger partial charge in [0.25, 0.3) is 0 Å². The molecule has 0 aliphatic carbocycles. The summed E-state index contributed by atoms with van der Waals surface area (Å²) < 4.78 is 12.4. The Bertz CT molecular complexity index is 419. The van der Waals surface area contributed by atoms with Crippen molar-refractivity contribution in [3.8, 4) is 5.75 Å². The lowest BCUT2D eigenvalue weighted by Crippen LogP contribution is -2.36. The van der Waals surface area contributed by atoms with E-state index in [4.69, 9.17) is 9.47 Å². The highest BCUT2D eigenvalue weighted by atomic mass is 79.9. The Balaban J connectivity index is 1.83. The molecule has 1 aromatic rings. The minimum atomic E-state index is 0.814. The molecule has 1 aliphatic rings. The zero-order chi connectivity index (χ0) is 14.9. The van der Waals surface area contributed by atoms with Gasteiger partial charge in [0.05, 0.1) is 19.8 Å². The van der Waals surface area contributed by atoms with Crippen molar-refractivity contribution in [2.45, 2.75) is 32.6 Å². The van der Waals surface area contributed by atoms with Crippen LogP contribution in [0.25, 0.3) is 0 Å². The Hall–Kier alpha value is -0.580. The quantitative estimate of drug-likeness (QED) is 0.660. The summed E-state index contributed by atoms with van der Waals surface area (Å²) in [5.41, 5.74) is 1.31. The number of morpholine rings is 1. The Morgan fingerprint density at radius 1 is 1.24 bits per heavy atom. The number of nitrogens with zero attached hydrogens (tertiary/aromatic N) is 1. The lowest BCUT2D eigenvalue weighted by atomic mass is 10.1. The van der Waals surface area contributed by atoms with Crippen molar-refractivity contribution in [3.63, 3.8) is 0 Å². The maximum Gasteiger partial charge on any atom is 0.122 e. The summed E-state index contributed by atoms with van der Waals surface area (Å²) in [7, 11) is 0. The van der Waals surface area contributed by atoms with Gasteiger partial charge in [-0.25, -0.2) is 0 Å². The van der Waals surface area contributed by atoms with Crippen LogP contribution in [-0.4, -0.2) is 44.4 Å². The SMILES string of the molecule is CCCCOc1ccc(Br)cc1CCCN1CCOCC1. The molecule has 0 atom stereocenters. The third-order valence-corrected chi connectivity index (χ3v) is 4.30. The molecule has 1 aromatic carbocycles. The monoisotopic (exact) mass is 355 g/mol. The lowest BCUT2D eigenvalue weighted by Gasteiger charge is -2.26. The normalized spacial score (nSPS) is 16.1. The number of benzene rings is 1. The Labute approximate surface area is 136 Å². The molecule has 1 aliphatic heterocycles. The number of aryl methyl sites for hydroxylation is 1. The molecule has 2 rings (SSSR count). The van der Waals surface area contributed by atoms with E-state index in [1.165, 1.54) is 18.4 Å². The van der Waals surface area contributed by atoms with Crippen molar-refractivity contribution in [2.75, 3.05) is 39.5 Å². The van der Waals surface area contributed by atoms with Crippen LogP contribution in [0, 0.1) is 0 Å². The molecule has 3 nitrogen and oxygen atoms in total. The van der Waals surface area contributed by atoms with Crippen LogP contribution in [0.1, 0.15) is 31.7 Å². The first-order valence-electron chi connectivity index (χ1n) is 8.01. The highest BCUT2D eigenvalue weighted by Gasteiger charge is 2.11. The molecule has 0 saturated carbocycles. The van der Waals surface area contributed by atoms with Crippen LogP contribution in [-0.2, 0) is 11.2 Å². The molecule has 1 heterocycles. The second kappa shape index (κ2) is 9.44. The fourth-order valence-corrected chi connectivity index (χ4v) is 2.94. The van der Waals surface area contributed by atoms with Gasteiger partial charge in [-0.15, -0.1) is 0 Å². The molecular weight excluding hydrogens is 330 g/mol. The smallest absolute Gasteiger partial charge is 0.122 e. The van der Waals surface area contributed by atoms with Crippen LogP contribution in [0.15, 0.2) is 22.7 Å². The average Bonchev–Trinajstić information content (AvgIpc) is 2.51. The first-order chi connectivity index (χ1) is 10.3. The van der Waals surface area contributed by atoms with Crippen molar-refractivity contribution >= 4 is 15.9 Å². The van der Waals surface area contributed by atoms with Gasteiger partial charge in [0.15, 0.2) is 0 Å². The van der Waals surface area contributed by atoms with Gasteiger partial charge < -0.3 is 9.47 Å². The van der Waals surface area contributed by atoms with Crippen LogP contribution in [0.2, 0.25) is 0 Å². The summed E-state index contributed by atoms with van der Waals surface area (Å²) in [5.74, 6) is 1.05. The summed E-state index contributed by atoms with van der Waals surface area (Å²) in [5, 5.41) is 0. The highest BCUT2D eigenvalue weighted by Crippen LogP contribution is 2.25. The van der Waals surface area contributed by atoms with Crippen molar-refractivity contribution in [2.24, 2.45) is 0 Å². The maximum absolute atomic E-state index is 5.92. The van der Waals surface area contributed by atoms with Gasteiger partial charge in [0, 0.05) is 17.6 Å². The second-order valence-electron chi connectivity index (χ2n) is 5.51. The van der Waals surface area contributed by atoms with Crippen LogP contribution < -0.4 is 4.74 Å². The maximum atomic E-state index is 5.92. The Morgan fingerprint density at radius 2 is 2.05 bits per heavy atom. The van der Waals surface area contributed by atoms with Crippen LogP contribution in [0.5, 0.6) is 5.75 Å². The van der Waals surface area contributed by atoms with Crippen molar-refractivity contribution in [3.05, 3.63) is 28.2 Å². The molecule has 0 spiro atoms. The highest BCUT2D eigenvalue weighted by molar-refractivity contribution is 9.10. The molecule has 0 aromatic heterocycles. The van der Waals surface area contributed by atoms with Gasteiger partial charge >= 0.3 is 0 Å². The minimum absolute atomic E-state index is 0.814. The predicted molar refractivity (Wildman–Crippen MR) is 90.1 cm³/mol. The number of unbranched alkanes of at least 4 members (excludes halogenated alkanes) is 1. The lowest BCUT2D eigenvalue weighted by molar-refractivity contribution is 0.0374. The first kappa shape index (κ1) is 16.8. The molecule has 0 radical (unpaired) electrons. The summed E-state index contributed by atoms with van der Waals surface area (Å²) in [6.07, 6.45) is 4.52. The van der Waals surface area contributed by atoms with E-state index in [0.29, 0.717) is 0 Å². The van der Waals surface area contributed by atoms with Crippen molar-refractivity contribution in [1.29, 1.82) is 0 Å². The molecule has 0 bridgehead atoms. The fraction of sp³-hybridized carbons (Fsp3) is 0.647. The molecule has 0 N–H and O–H groups in total. The number of hydrogen-bond donors (Lipinski definition) is 0. The van der Waals surface area contributed by atoms with E-state index in [9.17, 15) is 0 Å². The summed E-state index contributed by atoms with van der Waals surface area (Å²) in [6, 6.07) is 6.34. The average molecular weight is 356 g/mol. The van der Waals surface area contributed by atoms with Gasteiger partial charge in [-0.1, -0.05) is 29.3 Å². The number of rotatable bonds is 8. The third-order valence-electron chi connectivity index (χ3n) is 3.80. The Kier molecular flexibility index (Phi) is 7.54. The van der Waals surface area contributed by atoms with E-state index in [1.54, 1.807) is 0 Å². The minimum Gasteiger partial charge on any atom is -0.493 e. The second-order valence-corrected chi connectivity index (χ2v) is 6.43. The van der Waals surface area contributed by atoms with E-state index < -0.39 is 0 Å². The van der Waals surface area contributed by atoms with E-state index in [1.807, 2.05) is 0 Å². The van der Waals surface area contributed by atoms with Gasteiger partial charge in [-0.2, -0.15) is 0 Å². The predicted octanol–water partition coefficient (Wildman–Crippen LogP) is 3.89. The molecular formula is C17H26BrNO2. The Morgan fingerprint density at radius 3 is 2.81 bits per heavy atom.